The monoisotopic (exact) mass is 248 g/mol. The highest BCUT2D eigenvalue weighted by atomic mass is 16.5. The highest BCUT2D eigenvalue weighted by Gasteiger charge is 2.21. The second kappa shape index (κ2) is 6.21. The lowest BCUT2D eigenvalue weighted by atomic mass is 10.1. The molecule has 0 radical (unpaired) electrons. The summed E-state index contributed by atoms with van der Waals surface area (Å²) >= 11 is 0. The zero-order valence-electron chi connectivity index (χ0n) is 11.4. The molecule has 1 aromatic carbocycles. The number of nitrogens with two attached hydrogens (primary N) is 1. The van der Waals surface area contributed by atoms with Crippen LogP contribution in [0.15, 0.2) is 24.3 Å². The first-order valence-corrected chi connectivity index (χ1v) is 6.80. The first-order valence-electron chi connectivity index (χ1n) is 6.80. The minimum atomic E-state index is 0.0847. The molecule has 0 heterocycles. The Morgan fingerprint density at radius 1 is 1.28 bits per heavy atom. The van der Waals surface area contributed by atoms with Crippen molar-refractivity contribution in [3.63, 3.8) is 0 Å². The quantitative estimate of drug-likeness (QED) is 0.870. The predicted molar refractivity (Wildman–Crippen MR) is 74.8 cm³/mol. The molecule has 18 heavy (non-hydrogen) atoms. The first-order chi connectivity index (χ1) is 8.70. The van der Waals surface area contributed by atoms with Crippen LogP contribution in [0.25, 0.3) is 0 Å². The van der Waals surface area contributed by atoms with Crippen LogP contribution >= 0.6 is 0 Å². The fourth-order valence-electron chi connectivity index (χ4n) is 2.76. The molecular weight excluding hydrogens is 224 g/mol. The van der Waals surface area contributed by atoms with E-state index in [1.165, 1.54) is 31.2 Å². The van der Waals surface area contributed by atoms with Gasteiger partial charge in [-0.3, -0.25) is 0 Å². The third-order valence-electron chi connectivity index (χ3n) is 3.98. The number of likely N-dealkylation sites (N-methyl/N-ethyl adjacent to an activating group) is 1. The van der Waals surface area contributed by atoms with E-state index in [9.17, 15) is 0 Å². The normalized spacial score (nSPS) is 18.2. The zero-order valence-corrected chi connectivity index (χ0v) is 11.4. The lowest BCUT2D eigenvalue weighted by Gasteiger charge is -2.27. The molecule has 1 atom stereocenters. The molecule has 1 saturated carbocycles. The number of hydrogen-bond donors (Lipinski definition) is 1. The van der Waals surface area contributed by atoms with Crippen molar-refractivity contribution in [2.24, 2.45) is 5.73 Å². The van der Waals surface area contributed by atoms with Gasteiger partial charge in [-0.1, -0.05) is 25.0 Å². The Bertz CT molecular complexity index is 357. The Morgan fingerprint density at radius 3 is 2.44 bits per heavy atom. The van der Waals surface area contributed by atoms with Crippen LogP contribution in [0.3, 0.4) is 0 Å². The number of methoxy groups -OCH3 is 1. The SMILES string of the molecule is COc1ccc(C(N)CN(C)C2CCCC2)cc1. The van der Waals surface area contributed by atoms with Gasteiger partial charge in [-0.25, -0.2) is 0 Å². The molecule has 0 aliphatic heterocycles. The molecule has 3 nitrogen and oxygen atoms in total. The smallest absolute Gasteiger partial charge is 0.118 e. The van der Waals surface area contributed by atoms with Crippen molar-refractivity contribution >= 4 is 0 Å². The van der Waals surface area contributed by atoms with Gasteiger partial charge >= 0.3 is 0 Å². The number of nitrogens with zero attached hydrogens (tertiary/aromatic N) is 1. The number of rotatable bonds is 5. The molecule has 1 aliphatic carbocycles. The molecule has 0 aromatic heterocycles. The summed E-state index contributed by atoms with van der Waals surface area (Å²) in [5.41, 5.74) is 7.45. The number of hydrogen-bond acceptors (Lipinski definition) is 3. The highest BCUT2D eigenvalue weighted by molar-refractivity contribution is 5.29. The molecular formula is C15H24N2O. The topological polar surface area (TPSA) is 38.5 Å². The molecule has 0 spiro atoms. The summed E-state index contributed by atoms with van der Waals surface area (Å²) in [4.78, 5) is 2.42. The summed E-state index contributed by atoms with van der Waals surface area (Å²) in [7, 11) is 3.88. The van der Waals surface area contributed by atoms with Crippen LogP contribution < -0.4 is 10.5 Å². The second-order valence-corrected chi connectivity index (χ2v) is 5.26. The van der Waals surface area contributed by atoms with Gasteiger partial charge < -0.3 is 15.4 Å². The lowest BCUT2D eigenvalue weighted by molar-refractivity contribution is 0.231. The molecule has 2 rings (SSSR count). The fourth-order valence-corrected chi connectivity index (χ4v) is 2.76. The third kappa shape index (κ3) is 3.24. The van der Waals surface area contributed by atoms with Crippen LogP contribution in [-0.2, 0) is 0 Å². The predicted octanol–water partition coefficient (Wildman–Crippen LogP) is 2.57. The van der Waals surface area contributed by atoms with Crippen molar-refractivity contribution in [2.75, 3.05) is 20.7 Å². The summed E-state index contributed by atoms with van der Waals surface area (Å²) in [5.74, 6) is 0.884. The van der Waals surface area contributed by atoms with Crippen molar-refractivity contribution in [2.45, 2.75) is 37.8 Å². The van der Waals surface area contributed by atoms with Crippen LogP contribution in [0.4, 0.5) is 0 Å². The standard InChI is InChI=1S/C15H24N2O/c1-17(13-5-3-4-6-13)11-15(16)12-7-9-14(18-2)10-8-12/h7-10,13,15H,3-6,11,16H2,1-2H3. The van der Waals surface area contributed by atoms with Crippen LogP contribution in [0.5, 0.6) is 5.75 Å². The van der Waals surface area contributed by atoms with Crippen LogP contribution in [0.2, 0.25) is 0 Å². The second-order valence-electron chi connectivity index (χ2n) is 5.26. The van der Waals surface area contributed by atoms with Crippen molar-refractivity contribution in [1.29, 1.82) is 0 Å². The molecule has 1 unspecified atom stereocenters. The maximum Gasteiger partial charge on any atom is 0.118 e. The molecule has 3 heteroatoms. The van der Waals surface area contributed by atoms with Crippen molar-refractivity contribution in [1.82, 2.24) is 4.90 Å². The van der Waals surface area contributed by atoms with Crippen molar-refractivity contribution in [3.05, 3.63) is 29.8 Å². The maximum atomic E-state index is 6.27. The van der Waals surface area contributed by atoms with E-state index in [1.54, 1.807) is 7.11 Å². The van der Waals surface area contributed by atoms with Gasteiger partial charge in [0, 0.05) is 18.6 Å². The molecule has 1 fully saturated rings. The zero-order chi connectivity index (χ0) is 13.0. The largest absolute Gasteiger partial charge is 0.497 e. The Hall–Kier alpha value is -1.06. The molecule has 1 aliphatic rings. The summed E-state index contributed by atoms with van der Waals surface area (Å²) in [5, 5.41) is 0. The van der Waals surface area contributed by atoms with Crippen LogP contribution in [-0.4, -0.2) is 31.6 Å². The van der Waals surface area contributed by atoms with E-state index in [0.717, 1.165) is 18.3 Å². The number of ether oxygens (including phenoxy) is 1. The van der Waals surface area contributed by atoms with Crippen molar-refractivity contribution in [3.8, 4) is 5.75 Å². The summed E-state index contributed by atoms with van der Waals surface area (Å²) in [6.07, 6.45) is 5.39. The Labute approximate surface area is 110 Å². The van der Waals surface area contributed by atoms with Crippen LogP contribution in [0, 0.1) is 0 Å². The molecule has 0 amide bonds. The Balaban J connectivity index is 1.91. The average molecular weight is 248 g/mol. The average Bonchev–Trinajstić information content (AvgIpc) is 2.92. The van der Waals surface area contributed by atoms with E-state index < -0.39 is 0 Å². The first kappa shape index (κ1) is 13.4. The van der Waals surface area contributed by atoms with E-state index >= 15 is 0 Å². The minimum absolute atomic E-state index is 0.0847. The molecule has 2 N–H and O–H groups in total. The summed E-state index contributed by atoms with van der Waals surface area (Å²) in [6, 6.07) is 8.89. The minimum Gasteiger partial charge on any atom is -0.497 e. The molecule has 0 bridgehead atoms. The van der Waals surface area contributed by atoms with E-state index in [1.807, 2.05) is 12.1 Å². The van der Waals surface area contributed by atoms with E-state index in [0.29, 0.717) is 0 Å². The highest BCUT2D eigenvalue weighted by Crippen LogP contribution is 2.24. The Kier molecular flexibility index (Phi) is 4.61. The van der Waals surface area contributed by atoms with Gasteiger partial charge in [-0.2, -0.15) is 0 Å². The maximum absolute atomic E-state index is 6.27. The van der Waals surface area contributed by atoms with Crippen molar-refractivity contribution < 1.29 is 4.74 Å². The van der Waals surface area contributed by atoms with Crippen LogP contribution in [0.1, 0.15) is 37.3 Å². The van der Waals surface area contributed by atoms with Gasteiger partial charge in [-0.15, -0.1) is 0 Å². The number of benzene rings is 1. The summed E-state index contributed by atoms with van der Waals surface area (Å²) in [6.45, 7) is 0.928. The van der Waals surface area contributed by atoms with Gasteiger partial charge in [0.2, 0.25) is 0 Å². The molecule has 1 aromatic rings. The van der Waals surface area contributed by atoms with E-state index in [-0.39, 0.29) is 6.04 Å². The summed E-state index contributed by atoms with van der Waals surface area (Å²) < 4.78 is 5.16. The fraction of sp³-hybridized carbons (Fsp3) is 0.600. The third-order valence-corrected chi connectivity index (χ3v) is 3.98. The van der Waals surface area contributed by atoms with Gasteiger partial charge in [0.25, 0.3) is 0 Å². The van der Waals surface area contributed by atoms with Gasteiger partial charge in [0.05, 0.1) is 7.11 Å². The molecule has 0 saturated heterocycles. The molecule has 100 valence electrons. The van der Waals surface area contributed by atoms with Gasteiger partial charge in [0.1, 0.15) is 5.75 Å². The van der Waals surface area contributed by atoms with E-state index in [2.05, 4.69) is 24.1 Å². The Morgan fingerprint density at radius 2 is 1.89 bits per heavy atom. The van der Waals surface area contributed by atoms with E-state index in [4.69, 9.17) is 10.5 Å². The van der Waals surface area contributed by atoms with Gasteiger partial charge in [-0.05, 0) is 37.6 Å². The lowest BCUT2D eigenvalue weighted by Crippen LogP contribution is -2.35. The van der Waals surface area contributed by atoms with Gasteiger partial charge in [0.15, 0.2) is 0 Å².